The molecule has 100 valence electrons. The summed E-state index contributed by atoms with van der Waals surface area (Å²) >= 11 is 6.84. The number of hydrogen-bond donors (Lipinski definition) is 1. The number of amides is 1. The van der Waals surface area contributed by atoms with Gasteiger partial charge in [-0.1, -0.05) is 11.6 Å². The third-order valence-electron chi connectivity index (χ3n) is 2.59. The number of carbonyl (C=O) groups excluding carboxylic acids is 3. The van der Waals surface area contributed by atoms with Crippen molar-refractivity contribution in [2.24, 2.45) is 0 Å². The number of nitrogens with zero attached hydrogens (tertiary/aromatic N) is 1. The Morgan fingerprint density at radius 3 is 2.75 bits per heavy atom. The molecule has 0 unspecified atom stereocenters. The molecule has 2 aromatic heterocycles. The maximum Gasteiger partial charge on any atom is 0.350 e. The molecule has 3 rings (SSSR count). The average Bonchev–Trinajstić information content (AvgIpc) is 2.96. The van der Waals surface area contributed by atoms with E-state index in [-0.39, 0.29) is 16.9 Å². The fourth-order valence-corrected chi connectivity index (χ4v) is 2.67. The lowest BCUT2D eigenvalue weighted by molar-refractivity contribution is 0.0444. The van der Waals surface area contributed by atoms with Crippen molar-refractivity contribution in [1.82, 2.24) is 4.98 Å². The molecule has 0 atom stereocenters. The minimum atomic E-state index is -0.822. The zero-order chi connectivity index (χ0) is 14.3. The molecule has 0 spiro atoms. The molecule has 0 saturated carbocycles. The second-order valence-electron chi connectivity index (χ2n) is 3.82. The largest absolute Gasteiger partial charge is 0.386 e. The van der Waals surface area contributed by atoms with Gasteiger partial charge in [0.25, 0.3) is 5.91 Å². The molecule has 1 aliphatic rings. The van der Waals surface area contributed by atoms with Crippen LogP contribution in [-0.4, -0.2) is 22.8 Å². The van der Waals surface area contributed by atoms with Gasteiger partial charge in [-0.05, 0) is 18.2 Å². The Labute approximate surface area is 121 Å². The van der Waals surface area contributed by atoms with E-state index in [4.69, 9.17) is 11.6 Å². The number of ether oxygens (including phenoxy) is 1. The van der Waals surface area contributed by atoms with Crippen LogP contribution in [0.25, 0.3) is 0 Å². The number of fused-ring (bicyclic) bond motifs is 1. The predicted molar refractivity (Wildman–Crippen MR) is 71.3 cm³/mol. The Morgan fingerprint density at radius 2 is 2.05 bits per heavy atom. The SMILES string of the molecule is O=C(Nc1nccc2c1C(=O)OC2=O)c1ccc(Cl)s1. The first-order valence-electron chi connectivity index (χ1n) is 5.38. The highest BCUT2D eigenvalue weighted by molar-refractivity contribution is 7.18. The standard InChI is InChI=1S/C12H5ClN2O4S/c13-7-2-1-6(20-7)10(16)15-9-8-5(3-4-14-9)11(17)19-12(8)18/h1-4H,(H,14,15,16). The van der Waals surface area contributed by atoms with Gasteiger partial charge >= 0.3 is 11.9 Å². The molecule has 1 N–H and O–H groups in total. The maximum absolute atomic E-state index is 12.0. The molecule has 20 heavy (non-hydrogen) atoms. The highest BCUT2D eigenvalue weighted by atomic mass is 35.5. The van der Waals surface area contributed by atoms with Crippen LogP contribution in [0.15, 0.2) is 24.4 Å². The lowest BCUT2D eigenvalue weighted by Crippen LogP contribution is -2.14. The number of carbonyl (C=O) groups is 3. The predicted octanol–water partition coefficient (Wildman–Crippen LogP) is 2.36. The molecule has 0 bridgehead atoms. The number of hydrogen-bond acceptors (Lipinski definition) is 6. The van der Waals surface area contributed by atoms with Crippen molar-refractivity contribution in [3.05, 3.63) is 44.7 Å². The number of aromatic nitrogens is 1. The van der Waals surface area contributed by atoms with Crippen molar-refractivity contribution in [3.63, 3.8) is 0 Å². The molecule has 1 aliphatic heterocycles. The summed E-state index contributed by atoms with van der Waals surface area (Å²) in [6.45, 7) is 0. The second-order valence-corrected chi connectivity index (χ2v) is 5.53. The monoisotopic (exact) mass is 308 g/mol. The van der Waals surface area contributed by atoms with E-state index in [2.05, 4.69) is 15.0 Å². The topological polar surface area (TPSA) is 85.4 Å². The Balaban J connectivity index is 1.95. The first kappa shape index (κ1) is 12.8. The maximum atomic E-state index is 12.0. The number of pyridine rings is 1. The van der Waals surface area contributed by atoms with Gasteiger partial charge in [0.05, 0.1) is 14.8 Å². The number of esters is 2. The molecule has 0 aliphatic carbocycles. The zero-order valence-electron chi connectivity index (χ0n) is 9.68. The van der Waals surface area contributed by atoms with E-state index in [9.17, 15) is 14.4 Å². The summed E-state index contributed by atoms with van der Waals surface area (Å²) in [5, 5.41) is 2.47. The molecule has 6 nitrogen and oxygen atoms in total. The molecule has 0 radical (unpaired) electrons. The summed E-state index contributed by atoms with van der Waals surface area (Å²) in [6.07, 6.45) is 1.32. The number of rotatable bonds is 2. The van der Waals surface area contributed by atoms with Crippen LogP contribution in [0.3, 0.4) is 0 Å². The lowest BCUT2D eigenvalue weighted by Gasteiger charge is -2.04. The number of thiophene rings is 1. The Morgan fingerprint density at radius 1 is 1.25 bits per heavy atom. The molecule has 0 saturated heterocycles. The van der Waals surface area contributed by atoms with Gasteiger partial charge in [0.1, 0.15) is 11.4 Å². The Hall–Kier alpha value is -2.25. The van der Waals surface area contributed by atoms with Crippen LogP contribution in [0.2, 0.25) is 4.34 Å². The summed E-state index contributed by atoms with van der Waals surface area (Å²) in [6, 6.07) is 4.50. The Bertz CT molecular complexity index is 756. The van der Waals surface area contributed by atoms with E-state index in [1.54, 1.807) is 12.1 Å². The quantitative estimate of drug-likeness (QED) is 0.680. The van der Waals surface area contributed by atoms with Crippen molar-refractivity contribution in [3.8, 4) is 0 Å². The van der Waals surface area contributed by atoms with Crippen LogP contribution in [0, 0.1) is 0 Å². The van der Waals surface area contributed by atoms with Gasteiger partial charge in [0.2, 0.25) is 0 Å². The van der Waals surface area contributed by atoms with Crippen molar-refractivity contribution >= 4 is 46.6 Å². The molecule has 3 heterocycles. The average molecular weight is 309 g/mol. The minimum Gasteiger partial charge on any atom is -0.386 e. The number of halogens is 1. The van der Waals surface area contributed by atoms with E-state index >= 15 is 0 Å². The number of anilines is 1. The fourth-order valence-electron chi connectivity index (χ4n) is 1.73. The third-order valence-corrected chi connectivity index (χ3v) is 3.82. The van der Waals surface area contributed by atoms with E-state index < -0.39 is 17.8 Å². The van der Waals surface area contributed by atoms with E-state index in [0.29, 0.717) is 9.21 Å². The van der Waals surface area contributed by atoms with Gasteiger partial charge in [-0.15, -0.1) is 11.3 Å². The molecular weight excluding hydrogens is 304 g/mol. The summed E-state index contributed by atoms with van der Waals surface area (Å²) in [5.74, 6) is -2.04. The summed E-state index contributed by atoms with van der Waals surface area (Å²) in [4.78, 5) is 39.2. The van der Waals surface area contributed by atoms with Gasteiger partial charge in [-0.25, -0.2) is 14.6 Å². The summed E-state index contributed by atoms with van der Waals surface area (Å²) in [5.41, 5.74) is 0.0537. The highest BCUT2D eigenvalue weighted by Crippen LogP contribution is 2.27. The lowest BCUT2D eigenvalue weighted by atomic mass is 10.1. The van der Waals surface area contributed by atoms with Gasteiger partial charge < -0.3 is 10.1 Å². The van der Waals surface area contributed by atoms with Crippen LogP contribution < -0.4 is 5.32 Å². The second kappa shape index (κ2) is 4.69. The van der Waals surface area contributed by atoms with Gasteiger partial charge in [-0.2, -0.15) is 0 Å². The van der Waals surface area contributed by atoms with Crippen molar-refractivity contribution in [2.75, 3.05) is 5.32 Å². The van der Waals surface area contributed by atoms with Gasteiger partial charge in [0.15, 0.2) is 0 Å². The van der Waals surface area contributed by atoms with Crippen LogP contribution >= 0.6 is 22.9 Å². The third kappa shape index (κ3) is 2.06. The van der Waals surface area contributed by atoms with Crippen molar-refractivity contribution in [2.45, 2.75) is 0 Å². The minimum absolute atomic E-state index is 0.00660. The zero-order valence-corrected chi connectivity index (χ0v) is 11.2. The first-order chi connectivity index (χ1) is 9.56. The number of cyclic esters (lactones) is 2. The number of nitrogens with one attached hydrogen (secondary N) is 1. The van der Waals surface area contributed by atoms with Crippen LogP contribution in [0.1, 0.15) is 30.4 Å². The highest BCUT2D eigenvalue weighted by Gasteiger charge is 2.33. The van der Waals surface area contributed by atoms with Gasteiger partial charge in [0, 0.05) is 6.20 Å². The fraction of sp³-hybridized carbons (Fsp3) is 0. The smallest absolute Gasteiger partial charge is 0.350 e. The molecular formula is C12H5ClN2O4S. The molecule has 2 aromatic rings. The van der Waals surface area contributed by atoms with Crippen LogP contribution in [0.4, 0.5) is 5.82 Å². The van der Waals surface area contributed by atoms with Gasteiger partial charge in [-0.3, -0.25) is 4.79 Å². The van der Waals surface area contributed by atoms with Crippen LogP contribution in [-0.2, 0) is 4.74 Å². The normalized spacial score (nSPS) is 13.1. The van der Waals surface area contributed by atoms with Crippen LogP contribution in [0.5, 0.6) is 0 Å². The molecule has 1 amide bonds. The summed E-state index contributed by atoms with van der Waals surface area (Å²) < 4.78 is 4.94. The van der Waals surface area contributed by atoms with Crippen molar-refractivity contribution < 1.29 is 19.1 Å². The molecule has 8 heteroatoms. The molecule has 0 fully saturated rings. The van der Waals surface area contributed by atoms with Crippen molar-refractivity contribution in [1.29, 1.82) is 0 Å². The van der Waals surface area contributed by atoms with E-state index in [1.807, 2.05) is 0 Å². The molecule has 0 aromatic carbocycles. The Kier molecular flexibility index (Phi) is 3.00. The van der Waals surface area contributed by atoms with E-state index in [1.165, 1.54) is 12.3 Å². The van der Waals surface area contributed by atoms with E-state index in [0.717, 1.165) is 11.3 Å². The summed E-state index contributed by atoms with van der Waals surface area (Å²) in [7, 11) is 0. The first-order valence-corrected chi connectivity index (χ1v) is 6.58.